The lowest BCUT2D eigenvalue weighted by Gasteiger charge is -2.32. The van der Waals surface area contributed by atoms with Crippen LogP contribution in [0.15, 0.2) is 39.8 Å². The number of nitrogens with one attached hydrogen (secondary N) is 1. The third kappa shape index (κ3) is 4.50. The highest BCUT2D eigenvalue weighted by molar-refractivity contribution is 5.95. The van der Waals surface area contributed by atoms with E-state index in [0.29, 0.717) is 24.4 Å². The number of aryl methyl sites for hydroxylation is 1. The standard InChI is InChI=1S/C22H27N3O4/c1-15-12-19(16-4-2-8-23-13-16)29-22(27)20(15)21(26)25-10-6-17(7-11-25)28-18-5-3-9-24-14-18/h3,5,9,12,14,16-17,23H,2,4,6-8,10-11,13H2,1H3. The average Bonchev–Trinajstić information content (AvgIpc) is 2.75. The summed E-state index contributed by atoms with van der Waals surface area (Å²) >= 11 is 0. The first-order chi connectivity index (χ1) is 14.1. The van der Waals surface area contributed by atoms with Crippen molar-refractivity contribution in [2.75, 3.05) is 26.2 Å². The molecule has 0 radical (unpaired) electrons. The van der Waals surface area contributed by atoms with Crippen LogP contribution >= 0.6 is 0 Å². The van der Waals surface area contributed by atoms with Crippen LogP contribution in [0, 0.1) is 6.92 Å². The van der Waals surface area contributed by atoms with Gasteiger partial charge in [0, 0.05) is 44.6 Å². The Bertz CT molecular complexity index is 898. The molecule has 1 unspecified atom stereocenters. The van der Waals surface area contributed by atoms with Crippen molar-refractivity contribution in [1.29, 1.82) is 0 Å². The second kappa shape index (κ2) is 8.78. The van der Waals surface area contributed by atoms with Crippen LogP contribution in [-0.2, 0) is 0 Å². The maximum Gasteiger partial charge on any atom is 0.349 e. The van der Waals surface area contributed by atoms with Gasteiger partial charge in [-0.3, -0.25) is 9.78 Å². The summed E-state index contributed by atoms with van der Waals surface area (Å²) in [7, 11) is 0. The van der Waals surface area contributed by atoms with Crippen LogP contribution < -0.4 is 15.7 Å². The summed E-state index contributed by atoms with van der Waals surface area (Å²) in [5, 5.41) is 3.33. The van der Waals surface area contributed by atoms with E-state index < -0.39 is 5.63 Å². The molecular formula is C22H27N3O4. The number of likely N-dealkylation sites (tertiary alicyclic amines) is 1. The van der Waals surface area contributed by atoms with Crippen molar-refractivity contribution in [3.8, 4) is 5.75 Å². The zero-order chi connectivity index (χ0) is 20.2. The van der Waals surface area contributed by atoms with Crippen LogP contribution in [0.2, 0.25) is 0 Å². The molecule has 4 rings (SSSR count). The van der Waals surface area contributed by atoms with Crippen LogP contribution in [0.3, 0.4) is 0 Å². The second-order valence-electron chi connectivity index (χ2n) is 7.84. The number of ether oxygens (including phenoxy) is 1. The van der Waals surface area contributed by atoms with E-state index in [1.54, 1.807) is 17.3 Å². The van der Waals surface area contributed by atoms with E-state index in [0.717, 1.165) is 44.5 Å². The second-order valence-corrected chi connectivity index (χ2v) is 7.84. The number of nitrogens with zero attached hydrogens (tertiary/aromatic N) is 2. The first-order valence-corrected chi connectivity index (χ1v) is 10.3. The van der Waals surface area contributed by atoms with Gasteiger partial charge < -0.3 is 19.4 Å². The molecule has 2 fully saturated rings. The third-order valence-electron chi connectivity index (χ3n) is 5.75. The maximum absolute atomic E-state index is 13.0. The highest BCUT2D eigenvalue weighted by atomic mass is 16.5. The molecule has 7 nitrogen and oxygen atoms in total. The fourth-order valence-corrected chi connectivity index (χ4v) is 4.13. The molecule has 2 saturated heterocycles. The van der Waals surface area contributed by atoms with Gasteiger partial charge in [-0.1, -0.05) is 0 Å². The summed E-state index contributed by atoms with van der Waals surface area (Å²) in [5.41, 5.74) is 0.328. The van der Waals surface area contributed by atoms with E-state index in [1.807, 2.05) is 25.1 Å². The van der Waals surface area contributed by atoms with Crippen LogP contribution in [0.25, 0.3) is 0 Å². The molecule has 7 heteroatoms. The van der Waals surface area contributed by atoms with Crippen LogP contribution in [0.1, 0.15) is 53.3 Å². The van der Waals surface area contributed by atoms with Gasteiger partial charge in [-0.05, 0) is 50.1 Å². The van der Waals surface area contributed by atoms with Crippen molar-refractivity contribution in [3.05, 3.63) is 57.9 Å². The van der Waals surface area contributed by atoms with E-state index in [-0.39, 0.29) is 23.5 Å². The van der Waals surface area contributed by atoms with Crippen molar-refractivity contribution in [2.24, 2.45) is 0 Å². The van der Waals surface area contributed by atoms with Gasteiger partial charge in [0.15, 0.2) is 0 Å². The van der Waals surface area contributed by atoms with Crippen LogP contribution in [-0.4, -0.2) is 48.1 Å². The molecule has 4 heterocycles. The molecular weight excluding hydrogens is 370 g/mol. The fourth-order valence-electron chi connectivity index (χ4n) is 4.13. The fraction of sp³-hybridized carbons (Fsp3) is 0.500. The van der Waals surface area contributed by atoms with Gasteiger partial charge >= 0.3 is 5.63 Å². The zero-order valence-electron chi connectivity index (χ0n) is 16.7. The Kier molecular flexibility index (Phi) is 5.94. The number of pyridine rings is 1. The van der Waals surface area contributed by atoms with E-state index in [2.05, 4.69) is 10.3 Å². The number of carbonyl (C=O) groups is 1. The van der Waals surface area contributed by atoms with E-state index in [1.165, 1.54) is 0 Å². The van der Waals surface area contributed by atoms with Crippen molar-refractivity contribution < 1.29 is 13.9 Å². The van der Waals surface area contributed by atoms with Gasteiger partial charge in [-0.15, -0.1) is 0 Å². The largest absolute Gasteiger partial charge is 0.489 e. The molecule has 1 N–H and O–H groups in total. The summed E-state index contributed by atoms with van der Waals surface area (Å²) in [6.07, 6.45) is 6.93. The quantitative estimate of drug-likeness (QED) is 0.853. The molecule has 0 spiro atoms. The molecule has 1 amide bonds. The molecule has 0 bridgehead atoms. The number of carbonyl (C=O) groups excluding carboxylic acids is 1. The molecule has 2 aliphatic rings. The van der Waals surface area contributed by atoms with Crippen molar-refractivity contribution >= 4 is 5.91 Å². The summed E-state index contributed by atoms with van der Waals surface area (Å²) in [6.45, 7) is 4.73. The molecule has 2 aromatic heterocycles. The highest BCUT2D eigenvalue weighted by Gasteiger charge is 2.29. The summed E-state index contributed by atoms with van der Waals surface area (Å²) < 4.78 is 11.5. The molecule has 2 aromatic rings. The van der Waals surface area contributed by atoms with Gasteiger partial charge in [-0.2, -0.15) is 0 Å². The number of rotatable bonds is 4. The van der Waals surface area contributed by atoms with E-state index in [9.17, 15) is 9.59 Å². The Balaban J connectivity index is 1.41. The monoisotopic (exact) mass is 397 g/mol. The SMILES string of the molecule is Cc1cc(C2CCCNC2)oc(=O)c1C(=O)N1CCC(Oc2cccnc2)CC1. The number of amides is 1. The molecule has 2 aliphatic heterocycles. The minimum absolute atomic E-state index is 0.0435. The number of piperidine rings is 2. The molecule has 154 valence electrons. The summed E-state index contributed by atoms with van der Waals surface area (Å²) in [5.74, 6) is 1.37. The molecule has 0 aromatic carbocycles. The predicted molar refractivity (Wildman–Crippen MR) is 108 cm³/mol. The number of hydrogen-bond acceptors (Lipinski definition) is 6. The molecule has 29 heavy (non-hydrogen) atoms. The van der Waals surface area contributed by atoms with Gasteiger partial charge in [0.1, 0.15) is 23.2 Å². The predicted octanol–water partition coefficient (Wildman–Crippen LogP) is 2.49. The zero-order valence-corrected chi connectivity index (χ0v) is 16.7. The topological polar surface area (TPSA) is 84.7 Å². The Hall–Kier alpha value is -2.67. The van der Waals surface area contributed by atoms with Crippen molar-refractivity contribution in [3.63, 3.8) is 0 Å². The first kappa shape index (κ1) is 19.6. The summed E-state index contributed by atoms with van der Waals surface area (Å²) in [4.78, 5) is 31.4. The molecule has 0 saturated carbocycles. The number of aromatic nitrogens is 1. The van der Waals surface area contributed by atoms with E-state index in [4.69, 9.17) is 9.15 Å². The summed E-state index contributed by atoms with van der Waals surface area (Å²) in [6, 6.07) is 5.58. The smallest absolute Gasteiger partial charge is 0.349 e. The maximum atomic E-state index is 13.0. The Labute approximate surface area is 170 Å². The normalized spacial score (nSPS) is 20.4. The van der Waals surface area contributed by atoms with Crippen molar-refractivity contribution in [2.45, 2.75) is 44.6 Å². The lowest BCUT2D eigenvalue weighted by atomic mass is 9.95. The Morgan fingerprint density at radius 1 is 1.31 bits per heavy atom. The first-order valence-electron chi connectivity index (χ1n) is 10.3. The highest BCUT2D eigenvalue weighted by Crippen LogP contribution is 2.25. The van der Waals surface area contributed by atoms with E-state index >= 15 is 0 Å². The van der Waals surface area contributed by atoms with Gasteiger partial charge in [0.2, 0.25) is 0 Å². The van der Waals surface area contributed by atoms with Crippen LogP contribution in [0.4, 0.5) is 0 Å². The molecule has 1 atom stereocenters. The van der Waals surface area contributed by atoms with Crippen molar-refractivity contribution in [1.82, 2.24) is 15.2 Å². The lowest BCUT2D eigenvalue weighted by molar-refractivity contribution is 0.0589. The van der Waals surface area contributed by atoms with Crippen LogP contribution in [0.5, 0.6) is 5.75 Å². The average molecular weight is 397 g/mol. The van der Waals surface area contributed by atoms with Gasteiger partial charge in [0.05, 0.1) is 6.20 Å². The minimum atomic E-state index is -0.524. The molecule has 0 aliphatic carbocycles. The lowest BCUT2D eigenvalue weighted by Crippen LogP contribution is -2.43. The van der Waals surface area contributed by atoms with Gasteiger partial charge in [0.25, 0.3) is 5.91 Å². The third-order valence-corrected chi connectivity index (χ3v) is 5.75. The number of hydrogen-bond donors (Lipinski definition) is 1. The Morgan fingerprint density at radius 3 is 2.79 bits per heavy atom. The Morgan fingerprint density at radius 2 is 2.14 bits per heavy atom. The van der Waals surface area contributed by atoms with Gasteiger partial charge in [-0.25, -0.2) is 4.79 Å². The minimum Gasteiger partial charge on any atom is -0.489 e.